The molecule has 0 spiro atoms. The third kappa shape index (κ3) is 4.38. The van der Waals surface area contributed by atoms with E-state index in [0.29, 0.717) is 0 Å². The Labute approximate surface area is 132 Å². The predicted molar refractivity (Wildman–Crippen MR) is 88.7 cm³/mol. The molecule has 1 aromatic heterocycles. The fourth-order valence-electron chi connectivity index (χ4n) is 2.29. The highest BCUT2D eigenvalue weighted by Gasteiger charge is 2.11. The van der Waals surface area contributed by atoms with Gasteiger partial charge in [-0.2, -0.15) is 0 Å². The Hall–Kier alpha value is -2.23. The molecule has 0 radical (unpaired) electrons. The van der Waals surface area contributed by atoms with E-state index in [1.165, 1.54) is 19.3 Å². The molecular formula is C18H24N2O2. The molecule has 0 bridgehead atoms. The molecule has 4 nitrogen and oxygen atoms in total. The van der Waals surface area contributed by atoms with Crippen LogP contribution in [-0.4, -0.2) is 23.3 Å². The average Bonchev–Trinajstić information content (AvgIpc) is 3.07. The molecule has 1 heterocycles. The van der Waals surface area contributed by atoms with Gasteiger partial charge >= 0.3 is 0 Å². The van der Waals surface area contributed by atoms with E-state index < -0.39 is 0 Å². The molecule has 2 rings (SSSR count). The number of benzene rings is 1. The van der Waals surface area contributed by atoms with E-state index in [-0.39, 0.29) is 0 Å². The standard InChI is InChI=1S/C18H24N2O2/c1-3-4-5-8-13-22-18-10-7-6-9-16(18)17(14-21-2)20-12-11-19-15-20/h6-7,9-12,14-15H,3-5,8,13H2,1-2H3. The third-order valence-corrected chi connectivity index (χ3v) is 3.43. The van der Waals surface area contributed by atoms with Gasteiger partial charge in [0.05, 0.1) is 25.7 Å². The van der Waals surface area contributed by atoms with Crippen LogP contribution in [0.1, 0.15) is 38.2 Å². The van der Waals surface area contributed by atoms with Crippen molar-refractivity contribution in [1.82, 2.24) is 9.55 Å². The lowest BCUT2D eigenvalue weighted by atomic mass is 10.1. The molecule has 0 aliphatic rings. The Morgan fingerprint density at radius 3 is 2.82 bits per heavy atom. The van der Waals surface area contributed by atoms with E-state index in [0.717, 1.165) is 30.0 Å². The molecule has 0 saturated carbocycles. The number of methoxy groups -OCH3 is 1. The van der Waals surface area contributed by atoms with Gasteiger partial charge in [-0.15, -0.1) is 0 Å². The number of rotatable bonds is 9. The molecule has 0 atom stereocenters. The first-order valence-corrected chi connectivity index (χ1v) is 7.80. The maximum absolute atomic E-state index is 5.98. The molecule has 0 fully saturated rings. The summed E-state index contributed by atoms with van der Waals surface area (Å²) in [7, 11) is 1.64. The lowest BCUT2D eigenvalue weighted by molar-refractivity contribution is 0.303. The Kier molecular flexibility index (Phi) is 6.55. The molecule has 1 aromatic carbocycles. The van der Waals surface area contributed by atoms with Crippen LogP contribution in [-0.2, 0) is 4.74 Å². The predicted octanol–water partition coefficient (Wildman–Crippen LogP) is 4.34. The minimum atomic E-state index is 0.737. The summed E-state index contributed by atoms with van der Waals surface area (Å²) in [6.45, 7) is 2.95. The Morgan fingerprint density at radius 1 is 1.23 bits per heavy atom. The summed E-state index contributed by atoms with van der Waals surface area (Å²) in [5.74, 6) is 0.871. The fourth-order valence-corrected chi connectivity index (χ4v) is 2.29. The molecule has 0 unspecified atom stereocenters. The smallest absolute Gasteiger partial charge is 0.128 e. The number of para-hydroxylation sites is 1. The number of aromatic nitrogens is 2. The summed E-state index contributed by atoms with van der Waals surface area (Å²) in [6.07, 6.45) is 11.9. The van der Waals surface area contributed by atoms with Gasteiger partial charge in [-0.25, -0.2) is 4.98 Å². The van der Waals surface area contributed by atoms with Gasteiger partial charge in [-0.1, -0.05) is 38.3 Å². The second-order valence-electron chi connectivity index (χ2n) is 5.11. The summed E-state index contributed by atoms with van der Waals surface area (Å²) in [5, 5.41) is 0. The lowest BCUT2D eigenvalue weighted by Crippen LogP contribution is -2.03. The lowest BCUT2D eigenvalue weighted by Gasteiger charge is -2.14. The molecule has 0 aliphatic heterocycles. The van der Waals surface area contributed by atoms with Crippen LogP contribution in [0, 0.1) is 0 Å². The van der Waals surface area contributed by atoms with Crippen molar-refractivity contribution in [3.05, 3.63) is 54.8 Å². The second kappa shape index (κ2) is 8.93. The van der Waals surface area contributed by atoms with Gasteiger partial charge < -0.3 is 14.0 Å². The molecular weight excluding hydrogens is 276 g/mol. The normalized spacial score (nSPS) is 11.5. The quantitative estimate of drug-likeness (QED) is 0.510. The van der Waals surface area contributed by atoms with Gasteiger partial charge in [0.15, 0.2) is 0 Å². The Bertz CT molecular complexity index is 577. The summed E-state index contributed by atoms with van der Waals surface area (Å²) >= 11 is 0. The number of hydrogen-bond acceptors (Lipinski definition) is 3. The third-order valence-electron chi connectivity index (χ3n) is 3.43. The minimum absolute atomic E-state index is 0.737. The summed E-state index contributed by atoms with van der Waals surface area (Å²) < 4.78 is 13.1. The SMILES string of the molecule is CCCCCCOc1ccccc1C(=COC)n1ccnc1. The maximum atomic E-state index is 5.98. The van der Waals surface area contributed by atoms with Crippen molar-refractivity contribution >= 4 is 5.70 Å². The Balaban J connectivity index is 2.14. The van der Waals surface area contributed by atoms with Gasteiger partial charge in [-0.3, -0.25) is 0 Å². The van der Waals surface area contributed by atoms with Crippen molar-refractivity contribution < 1.29 is 9.47 Å². The van der Waals surface area contributed by atoms with Crippen LogP contribution < -0.4 is 4.74 Å². The number of nitrogens with zero attached hydrogens (tertiary/aromatic N) is 2. The molecule has 0 aliphatic carbocycles. The highest BCUT2D eigenvalue weighted by atomic mass is 16.5. The van der Waals surface area contributed by atoms with Gasteiger partial charge in [-0.05, 0) is 18.6 Å². The fraction of sp³-hybridized carbons (Fsp3) is 0.389. The summed E-state index contributed by atoms with van der Waals surface area (Å²) in [6, 6.07) is 8.02. The average molecular weight is 300 g/mol. The zero-order chi connectivity index (χ0) is 15.6. The molecule has 0 N–H and O–H groups in total. The van der Waals surface area contributed by atoms with Crippen LogP contribution in [0.15, 0.2) is 49.2 Å². The van der Waals surface area contributed by atoms with Crippen LogP contribution in [0.3, 0.4) is 0 Å². The second-order valence-corrected chi connectivity index (χ2v) is 5.11. The van der Waals surface area contributed by atoms with Gasteiger partial charge in [0.25, 0.3) is 0 Å². The topological polar surface area (TPSA) is 36.3 Å². The van der Waals surface area contributed by atoms with Crippen LogP contribution in [0.25, 0.3) is 5.70 Å². The molecule has 22 heavy (non-hydrogen) atoms. The molecule has 0 amide bonds. The maximum Gasteiger partial charge on any atom is 0.128 e. The van der Waals surface area contributed by atoms with Gasteiger partial charge in [0.1, 0.15) is 12.0 Å². The van der Waals surface area contributed by atoms with E-state index in [4.69, 9.17) is 9.47 Å². The molecule has 0 saturated heterocycles. The van der Waals surface area contributed by atoms with Crippen molar-refractivity contribution in [1.29, 1.82) is 0 Å². The summed E-state index contributed by atoms with van der Waals surface area (Å²) in [4.78, 5) is 4.10. The number of imidazole rings is 1. The van der Waals surface area contributed by atoms with E-state index in [1.807, 2.05) is 35.0 Å². The molecule has 4 heteroatoms. The first-order chi connectivity index (χ1) is 10.9. The van der Waals surface area contributed by atoms with E-state index in [2.05, 4.69) is 11.9 Å². The van der Waals surface area contributed by atoms with Crippen LogP contribution in [0.4, 0.5) is 0 Å². The minimum Gasteiger partial charge on any atom is -0.502 e. The van der Waals surface area contributed by atoms with Crippen molar-refractivity contribution in [2.45, 2.75) is 32.6 Å². The van der Waals surface area contributed by atoms with Crippen molar-refractivity contribution in [2.75, 3.05) is 13.7 Å². The zero-order valence-electron chi connectivity index (χ0n) is 13.4. The Morgan fingerprint density at radius 2 is 2.09 bits per heavy atom. The molecule has 2 aromatic rings. The van der Waals surface area contributed by atoms with E-state index >= 15 is 0 Å². The van der Waals surface area contributed by atoms with Crippen LogP contribution in [0.2, 0.25) is 0 Å². The highest BCUT2D eigenvalue weighted by molar-refractivity contribution is 5.69. The van der Waals surface area contributed by atoms with Crippen molar-refractivity contribution in [2.24, 2.45) is 0 Å². The first kappa shape index (κ1) is 16.1. The zero-order valence-corrected chi connectivity index (χ0v) is 13.4. The highest BCUT2D eigenvalue weighted by Crippen LogP contribution is 2.27. The van der Waals surface area contributed by atoms with Crippen molar-refractivity contribution in [3.63, 3.8) is 0 Å². The largest absolute Gasteiger partial charge is 0.502 e. The van der Waals surface area contributed by atoms with E-state index in [1.54, 1.807) is 25.9 Å². The summed E-state index contributed by atoms with van der Waals surface area (Å²) in [5.41, 5.74) is 1.90. The monoisotopic (exact) mass is 300 g/mol. The number of unbranched alkanes of at least 4 members (excludes halogenated alkanes) is 3. The molecule has 118 valence electrons. The van der Waals surface area contributed by atoms with Crippen LogP contribution in [0.5, 0.6) is 5.75 Å². The van der Waals surface area contributed by atoms with Crippen molar-refractivity contribution in [3.8, 4) is 5.75 Å². The van der Waals surface area contributed by atoms with Gasteiger partial charge in [0, 0.05) is 18.0 Å². The van der Waals surface area contributed by atoms with Gasteiger partial charge in [0.2, 0.25) is 0 Å². The number of hydrogen-bond donors (Lipinski definition) is 0. The van der Waals surface area contributed by atoms with Crippen LogP contribution >= 0.6 is 0 Å². The first-order valence-electron chi connectivity index (χ1n) is 7.80. The van der Waals surface area contributed by atoms with E-state index in [9.17, 15) is 0 Å². The number of ether oxygens (including phenoxy) is 2.